The average Bonchev–Trinajstić information content (AvgIpc) is 2.85. The van der Waals surface area contributed by atoms with Gasteiger partial charge >= 0.3 is 12.3 Å². The molecule has 1 aromatic carbocycles. The lowest BCUT2D eigenvalue weighted by Gasteiger charge is -2.21. The molecule has 0 heterocycles. The summed E-state index contributed by atoms with van der Waals surface area (Å²) >= 11 is 0. The summed E-state index contributed by atoms with van der Waals surface area (Å²) in [6.07, 6.45) is -5.29. The quantitative estimate of drug-likeness (QED) is 0.830. The molecule has 24 heavy (non-hydrogen) atoms. The zero-order valence-corrected chi connectivity index (χ0v) is 14.4. The van der Waals surface area contributed by atoms with Gasteiger partial charge in [0.05, 0.1) is 5.56 Å². The van der Waals surface area contributed by atoms with Crippen molar-refractivity contribution >= 4 is 11.8 Å². The maximum absolute atomic E-state index is 13.0. The Morgan fingerprint density at radius 2 is 1.79 bits per heavy atom. The minimum atomic E-state index is -4.50. The monoisotopic (exact) mass is 344 g/mol. The number of anilines is 1. The zero-order valence-electron chi connectivity index (χ0n) is 14.4. The molecule has 0 radical (unpaired) electrons. The first-order valence-electron chi connectivity index (χ1n) is 7.70. The summed E-state index contributed by atoms with van der Waals surface area (Å²) in [7, 11) is 0. The van der Waals surface area contributed by atoms with Crippen LogP contribution >= 0.6 is 0 Å². The summed E-state index contributed by atoms with van der Waals surface area (Å²) in [4.78, 5) is 12.0. The molecule has 0 aromatic heterocycles. The summed E-state index contributed by atoms with van der Waals surface area (Å²) in [6, 6.07) is 3.15. The third-order valence-electron chi connectivity index (χ3n) is 4.26. The summed E-state index contributed by atoms with van der Waals surface area (Å²) in [5, 5.41) is 2.44. The number of amides is 1. The van der Waals surface area contributed by atoms with E-state index in [4.69, 9.17) is 10.5 Å². The SMILES string of the molecule is CC(C)(C)OC(=O)Nc1cc(C(F)(F)F)ccc1C1C(N)C1(C)C. The van der Waals surface area contributed by atoms with Gasteiger partial charge in [-0.3, -0.25) is 5.32 Å². The van der Waals surface area contributed by atoms with Gasteiger partial charge in [0, 0.05) is 17.6 Å². The van der Waals surface area contributed by atoms with Crippen LogP contribution < -0.4 is 11.1 Å². The Morgan fingerprint density at radius 1 is 1.25 bits per heavy atom. The number of benzene rings is 1. The number of nitrogens with two attached hydrogens (primary N) is 1. The number of nitrogens with one attached hydrogen (secondary N) is 1. The van der Waals surface area contributed by atoms with Crippen LogP contribution in [0.4, 0.5) is 23.7 Å². The van der Waals surface area contributed by atoms with Gasteiger partial charge in [-0.05, 0) is 43.9 Å². The number of rotatable bonds is 2. The van der Waals surface area contributed by atoms with Crippen LogP contribution in [0.15, 0.2) is 18.2 Å². The van der Waals surface area contributed by atoms with Gasteiger partial charge in [-0.1, -0.05) is 19.9 Å². The van der Waals surface area contributed by atoms with Crippen molar-refractivity contribution in [1.82, 2.24) is 0 Å². The summed E-state index contributed by atoms with van der Waals surface area (Å²) in [5.41, 5.74) is 4.90. The molecule has 0 aliphatic heterocycles. The van der Waals surface area contributed by atoms with Crippen molar-refractivity contribution in [3.63, 3.8) is 0 Å². The van der Waals surface area contributed by atoms with Gasteiger partial charge in [-0.25, -0.2) is 4.79 Å². The molecular weight excluding hydrogens is 321 g/mol. The highest BCUT2D eigenvalue weighted by Gasteiger charge is 2.57. The van der Waals surface area contributed by atoms with Crippen molar-refractivity contribution in [1.29, 1.82) is 0 Å². The molecular formula is C17H23F3N2O2. The normalized spacial score (nSPS) is 22.9. The van der Waals surface area contributed by atoms with Crippen LogP contribution in [0, 0.1) is 5.41 Å². The molecule has 0 bridgehead atoms. The van der Waals surface area contributed by atoms with Gasteiger partial charge in [0.2, 0.25) is 0 Å². The maximum Gasteiger partial charge on any atom is 0.416 e. The van der Waals surface area contributed by atoms with E-state index in [1.165, 1.54) is 6.07 Å². The molecule has 1 aromatic rings. The standard InChI is InChI=1S/C17H23F3N2O2/c1-15(2,3)24-14(23)22-11-8-9(17(18,19)20)6-7-10(11)12-13(21)16(12,4)5/h6-8,12-13H,21H2,1-5H3,(H,22,23). The second-order valence-corrected chi connectivity index (χ2v) is 7.75. The van der Waals surface area contributed by atoms with E-state index in [1.807, 2.05) is 13.8 Å². The molecule has 1 fully saturated rings. The van der Waals surface area contributed by atoms with Crippen LogP contribution in [0.1, 0.15) is 51.7 Å². The third-order valence-corrected chi connectivity index (χ3v) is 4.26. The molecule has 1 saturated carbocycles. The topological polar surface area (TPSA) is 64.3 Å². The predicted molar refractivity (Wildman–Crippen MR) is 85.8 cm³/mol. The molecule has 3 N–H and O–H groups in total. The van der Waals surface area contributed by atoms with Gasteiger partial charge in [0.25, 0.3) is 0 Å². The molecule has 1 amide bonds. The van der Waals surface area contributed by atoms with Gasteiger partial charge < -0.3 is 10.5 Å². The highest BCUT2D eigenvalue weighted by Crippen LogP contribution is 2.59. The third kappa shape index (κ3) is 3.83. The second kappa shape index (κ2) is 5.65. The maximum atomic E-state index is 13.0. The molecule has 0 saturated heterocycles. The largest absolute Gasteiger partial charge is 0.444 e. The van der Waals surface area contributed by atoms with E-state index in [0.29, 0.717) is 5.56 Å². The Kier molecular flexibility index (Phi) is 4.37. The van der Waals surface area contributed by atoms with Crippen molar-refractivity contribution in [2.24, 2.45) is 11.1 Å². The van der Waals surface area contributed by atoms with E-state index in [-0.39, 0.29) is 23.1 Å². The first kappa shape index (κ1) is 18.6. The first-order chi connectivity index (χ1) is 10.7. The fraction of sp³-hybridized carbons (Fsp3) is 0.588. The van der Waals surface area contributed by atoms with E-state index < -0.39 is 23.4 Å². The molecule has 134 valence electrons. The summed E-state index contributed by atoms with van der Waals surface area (Å²) in [5.74, 6) is -0.121. The Labute approximate surface area is 139 Å². The Bertz CT molecular complexity index is 648. The molecule has 0 spiro atoms. The number of hydrogen-bond acceptors (Lipinski definition) is 3. The lowest BCUT2D eigenvalue weighted by atomic mass is 9.99. The van der Waals surface area contributed by atoms with E-state index in [2.05, 4.69) is 5.32 Å². The minimum absolute atomic E-state index is 0.0881. The number of alkyl halides is 3. The molecule has 2 atom stereocenters. The van der Waals surface area contributed by atoms with Crippen molar-refractivity contribution in [2.75, 3.05) is 5.32 Å². The number of hydrogen-bond donors (Lipinski definition) is 2. The van der Waals surface area contributed by atoms with Crippen LogP contribution in [0.25, 0.3) is 0 Å². The molecule has 1 aliphatic rings. The van der Waals surface area contributed by atoms with Gasteiger partial charge in [0.1, 0.15) is 5.60 Å². The lowest BCUT2D eigenvalue weighted by molar-refractivity contribution is -0.137. The van der Waals surface area contributed by atoms with Crippen molar-refractivity contribution in [3.05, 3.63) is 29.3 Å². The van der Waals surface area contributed by atoms with Crippen LogP contribution in [0.3, 0.4) is 0 Å². The van der Waals surface area contributed by atoms with E-state index in [0.717, 1.165) is 12.1 Å². The summed E-state index contributed by atoms with van der Waals surface area (Å²) in [6.45, 7) is 8.92. The van der Waals surface area contributed by atoms with Crippen molar-refractivity contribution in [3.8, 4) is 0 Å². The van der Waals surface area contributed by atoms with Crippen LogP contribution in [-0.4, -0.2) is 17.7 Å². The van der Waals surface area contributed by atoms with E-state index >= 15 is 0 Å². The van der Waals surface area contributed by atoms with E-state index in [1.54, 1.807) is 20.8 Å². The molecule has 2 rings (SSSR count). The highest BCUT2D eigenvalue weighted by atomic mass is 19.4. The van der Waals surface area contributed by atoms with Gasteiger partial charge in [-0.15, -0.1) is 0 Å². The average molecular weight is 344 g/mol. The minimum Gasteiger partial charge on any atom is -0.444 e. The summed E-state index contributed by atoms with van der Waals surface area (Å²) < 4.78 is 44.1. The van der Waals surface area contributed by atoms with Crippen LogP contribution in [0.2, 0.25) is 0 Å². The number of carbonyl (C=O) groups is 1. The number of ether oxygens (including phenoxy) is 1. The number of halogens is 3. The lowest BCUT2D eigenvalue weighted by Crippen LogP contribution is -2.27. The van der Waals surface area contributed by atoms with Crippen LogP contribution in [0.5, 0.6) is 0 Å². The fourth-order valence-corrected chi connectivity index (χ4v) is 2.80. The van der Waals surface area contributed by atoms with Crippen molar-refractivity contribution < 1.29 is 22.7 Å². The first-order valence-corrected chi connectivity index (χ1v) is 7.70. The molecule has 4 nitrogen and oxygen atoms in total. The highest BCUT2D eigenvalue weighted by molar-refractivity contribution is 5.86. The second-order valence-electron chi connectivity index (χ2n) is 7.75. The van der Waals surface area contributed by atoms with Gasteiger partial charge in [-0.2, -0.15) is 13.2 Å². The fourth-order valence-electron chi connectivity index (χ4n) is 2.80. The Hall–Kier alpha value is -1.76. The van der Waals surface area contributed by atoms with Gasteiger partial charge in [0.15, 0.2) is 0 Å². The van der Waals surface area contributed by atoms with E-state index in [9.17, 15) is 18.0 Å². The van der Waals surface area contributed by atoms with Crippen LogP contribution in [-0.2, 0) is 10.9 Å². The molecule has 2 unspecified atom stereocenters. The smallest absolute Gasteiger partial charge is 0.416 e. The number of carbonyl (C=O) groups excluding carboxylic acids is 1. The molecule has 1 aliphatic carbocycles. The Balaban J connectivity index is 2.36. The molecule has 7 heteroatoms. The zero-order chi connectivity index (χ0) is 18.5. The predicted octanol–water partition coefficient (Wildman–Crippen LogP) is 4.50. The van der Waals surface area contributed by atoms with Crippen molar-refractivity contribution in [2.45, 2.75) is 58.4 Å². The Morgan fingerprint density at radius 3 is 2.21 bits per heavy atom.